The monoisotopic (exact) mass is 173 g/mol. The van der Waals surface area contributed by atoms with Gasteiger partial charge in [-0.3, -0.25) is 0 Å². The average molecular weight is 173 g/mol. The van der Waals surface area contributed by atoms with Crippen LogP contribution in [0.5, 0.6) is 0 Å². The lowest BCUT2D eigenvalue weighted by atomic mass is 10.2. The second-order valence-corrected chi connectivity index (χ2v) is 7.36. The van der Waals surface area contributed by atoms with Gasteiger partial charge >= 0.3 is 0 Å². The van der Waals surface area contributed by atoms with Crippen LogP contribution in [0.4, 0.5) is 0 Å². The molecular weight excluding hydrogens is 149 g/mol. The molecule has 0 amide bonds. The molecule has 0 bridgehead atoms. The number of hydrogen-bond acceptors (Lipinski definition) is 0. The second kappa shape index (κ2) is 2.80. The van der Waals surface area contributed by atoms with E-state index in [1.807, 2.05) is 0 Å². The van der Waals surface area contributed by atoms with E-state index in [0.29, 0.717) is 25.4 Å². The SMILES string of the molecule is [BH3-][P+]([BH3-])(C(C)(C)C)C(C)(C)C. The lowest BCUT2D eigenvalue weighted by molar-refractivity contribution is 0.714. The highest BCUT2D eigenvalue weighted by Crippen LogP contribution is 2.69. The molecule has 0 unspecified atom stereocenters. The molecule has 0 nitrogen and oxygen atoms in total. The summed E-state index contributed by atoms with van der Waals surface area (Å²) < 4.78 is 0. The maximum Gasteiger partial charge on any atom is 0.0834 e. The number of rotatable bonds is 0. The average Bonchev–Trinajstić information content (AvgIpc) is 1.58. The van der Waals surface area contributed by atoms with Gasteiger partial charge in [-0.25, -0.2) is 0 Å². The molecule has 0 aliphatic rings. The van der Waals surface area contributed by atoms with E-state index in [9.17, 15) is 0 Å². The smallest absolute Gasteiger partial charge is 0.0834 e. The molecule has 0 aromatic heterocycles. The summed E-state index contributed by atoms with van der Waals surface area (Å²) in [5.41, 5.74) is 0. The van der Waals surface area contributed by atoms with Crippen LogP contribution in [0.25, 0.3) is 0 Å². The van der Waals surface area contributed by atoms with Gasteiger partial charge in [0.05, 0.1) is 15.1 Å². The van der Waals surface area contributed by atoms with Gasteiger partial charge in [-0.15, -0.1) is 0 Å². The summed E-state index contributed by atoms with van der Waals surface area (Å²) in [6.45, 7) is 15.0. The summed E-state index contributed by atoms with van der Waals surface area (Å²) >= 11 is 0. The van der Waals surface area contributed by atoms with Gasteiger partial charge in [0.25, 0.3) is 0 Å². The van der Waals surface area contributed by atoms with Gasteiger partial charge in [0, 0.05) is 0 Å². The fourth-order valence-electron chi connectivity index (χ4n) is 1.01. The van der Waals surface area contributed by atoms with Gasteiger partial charge in [0.2, 0.25) is 0 Å². The Morgan fingerprint density at radius 1 is 0.727 bits per heavy atom. The molecule has 0 atom stereocenters. The molecule has 0 radical (unpaired) electrons. The molecule has 3 heteroatoms. The van der Waals surface area contributed by atoms with Gasteiger partial charge in [-0.05, 0) is 51.9 Å². The highest BCUT2D eigenvalue weighted by molar-refractivity contribution is 8.16. The third kappa shape index (κ3) is 2.25. The Balaban J connectivity index is 4.75. The summed E-state index contributed by atoms with van der Waals surface area (Å²) in [7, 11) is 0.926. The first-order valence-corrected chi connectivity index (χ1v) is 4.34. The van der Waals surface area contributed by atoms with Crippen LogP contribution in [-0.4, -0.2) is 25.4 Å². The van der Waals surface area contributed by atoms with Gasteiger partial charge in [-0.2, -0.15) is 0 Å². The maximum atomic E-state index is 2.49. The summed E-state index contributed by atoms with van der Waals surface area (Å²) in [5, 5.41) is 1.43. The van der Waals surface area contributed by atoms with E-state index in [0.717, 1.165) is 0 Å². The molecule has 68 valence electrons. The van der Waals surface area contributed by atoms with Crippen molar-refractivity contribution in [2.75, 3.05) is 0 Å². The van der Waals surface area contributed by atoms with Crippen LogP contribution < -0.4 is 0 Å². The van der Waals surface area contributed by atoms with E-state index in [2.05, 4.69) is 41.5 Å². The zero-order chi connectivity index (χ0) is 9.50. The van der Waals surface area contributed by atoms with Crippen LogP contribution in [-0.2, 0) is 0 Å². The third-order valence-corrected chi connectivity index (χ3v) is 2.01. The van der Waals surface area contributed by atoms with Gasteiger partial charge < -0.3 is 7.02 Å². The van der Waals surface area contributed by atoms with Crippen LogP contribution in [0.1, 0.15) is 41.5 Å². The van der Waals surface area contributed by atoms with Crippen molar-refractivity contribution >= 4 is 22.2 Å². The quantitative estimate of drug-likeness (QED) is 0.380. The molecule has 0 spiro atoms. The van der Waals surface area contributed by atoms with Crippen molar-refractivity contribution in [1.82, 2.24) is 0 Å². The lowest BCUT2D eigenvalue weighted by Gasteiger charge is -2.55. The first-order chi connectivity index (χ1) is 4.50. The normalized spacial score (nSPS) is 15.3. The van der Waals surface area contributed by atoms with E-state index >= 15 is 0 Å². The fourth-order valence-corrected chi connectivity index (χ4v) is 3.02. The van der Waals surface area contributed by atoms with Crippen molar-refractivity contribution in [3.05, 3.63) is 0 Å². The Bertz CT molecular complexity index is 123. The molecular formula is C8H24B2P-. The standard InChI is InChI=1S/C8H24B2P/c1-7(2,3)11(9,10)8(4,5)6/h1-6,9-10H3/q-1. The molecule has 0 rings (SSSR count). The largest absolute Gasteiger partial charge is 0.325 e. The Morgan fingerprint density at radius 3 is 0.909 bits per heavy atom. The molecule has 0 aliphatic heterocycles. The van der Waals surface area contributed by atoms with E-state index in [4.69, 9.17) is 0 Å². The van der Waals surface area contributed by atoms with E-state index in [-0.39, 0.29) is 7.02 Å². The van der Waals surface area contributed by atoms with Crippen molar-refractivity contribution in [3.63, 3.8) is 0 Å². The Labute approximate surface area is 74.6 Å². The molecule has 0 aromatic rings. The van der Waals surface area contributed by atoms with Crippen molar-refractivity contribution in [1.29, 1.82) is 0 Å². The maximum absolute atomic E-state index is 2.49. The Morgan fingerprint density at radius 2 is 0.909 bits per heavy atom. The van der Waals surface area contributed by atoms with Crippen molar-refractivity contribution < 1.29 is 0 Å². The summed E-state index contributed by atoms with van der Waals surface area (Å²) in [5.74, 6) is 0. The fraction of sp³-hybridized carbons (Fsp3) is 1.00. The zero-order valence-electron chi connectivity index (χ0n) is 7.45. The minimum Gasteiger partial charge on any atom is -0.325 e. The van der Waals surface area contributed by atoms with Crippen LogP contribution >= 0.6 is 7.02 Å². The predicted molar refractivity (Wildman–Crippen MR) is 66.3 cm³/mol. The van der Waals surface area contributed by atoms with Gasteiger partial charge in [0.15, 0.2) is 0 Å². The van der Waals surface area contributed by atoms with Crippen LogP contribution in [0.2, 0.25) is 0 Å². The predicted octanol–water partition coefficient (Wildman–Crippen LogP) is 1.16. The highest BCUT2D eigenvalue weighted by atomic mass is 31.2. The summed E-state index contributed by atoms with van der Waals surface area (Å²) in [6.07, 6.45) is 0. The van der Waals surface area contributed by atoms with Crippen molar-refractivity contribution in [3.8, 4) is 0 Å². The molecule has 0 saturated heterocycles. The van der Waals surface area contributed by atoms with Gasteiger partial charge in [0.1, 0.15) is 0 Å². The van der Waals surface area contributed by atoms with E-state index in [1.54, 1.807) is 0 Å². The minimum absolute atomic E-state index is 0.310. The second-order valence-electron chi connectivity index (χ2n) is 4.45. The Hall–Kier alpha value is 0.560. The van der Waals surface area contributed by atoms with E-state index < -0.39 is 0 Å². The number of hydrogen-bond donors (Lipinski definition) is 0. The minimum atomic E-state index is -0.310. The zero-order valence-corrected chi connectivity index (χ0v) is 8.34. The molecule has 0 aliphatic carbocycles. The third-order valence-electron chi connectivity index (χ3n) is 0.671. The first kappa shape index (κ1) is 11.6. The van der Waals surface area contributed by atoms with Gasteiger partial charge in [-0.1, -0.05) is 0 Å². The van der Waals surface area contributed by atoms with Crippen molar-refractivity contribution in [2.24, 2.45) is 0 Å². The van der Waals surface area contributed by atoms with Crippen LogP contribution in [0.15, 0.2) is 0 Å². The van der Waals surface area contributed by atoms with Crippen LogP contribution in [0, 0.1) is 0 Å². The van der Waals surface area contributed by atoms with Crippen molar-refractivity contribution in [2.45, 2.75) is 51.9 Å². The first-order valence-electron chi connectivity index (χ1n) is 3.45. The van der Waals surface area contributed by atoms with Crippen LogP contribution in [0.3, 0.4) is 0 Å². The molecule has 0 fully saturated rings. The highest BCUT2D eigenvalue weighted by Gasteiger charge is 2.36. The molecule has 0 heterocycles. The molecule has 11 heavy (non-hydrogen) atoms. The molecule has 0 aromatic carbocycles. The summed E-state index contributed by atoms with van der Waals surface area (Å²) in [6, 6.07) is 0. The Kier molecular flexibility index (Phi) is 2.94. The molecule has 0 saturated carbocycles. The lowest BCUT2D eigenvalue weighted by Crippen LogP contribution is -2.33. The summed E-state index contributed by atoms with van der Waals surface area (Å²) in [4.78, 5) is 0. The van der Waals surface area contributed by atoms with E-state index in [1.165, 1.54) is 0 Å². The topological polar surface area (TPSA) is 0 Å². The molecule has 0 N–H and O–H groups in total.